The number of carbonyl (C=O) groups is 3. The number of hydrogen-bond donors (Lipinski definition) is 0. The van der Waals surface area contributed by atoms with Gasteiger partial charge in [0.2, 0.25) is 0 Å². The Labute approximate surface area is 363 Å². The fourth-order valence-electron chi connectivity index (χ4n) is 6.25. The maximum atomic E-state index is 12.7. The third kappa shape index (κ3) is 45.5. The Hall–Kier alpha value is -3.41. The number of allylic oxidation sites excluding steroid dienone is 14. The van der Waals surface area contributed by atoms with Crippen LogP contribution in [0.2, 0.25) is 0 Å². The molecule has 1 unspecified atom stereocenters. The summed E-state index contributed by atoms with van der Waals surface area (Å²) in [5.41, 5.74) is 0. The van der Waals surface area contributed by atoms with Crippen LogP contribution in [0.25, 0.3) is 0 Å². The zero-order valence-electron chi connectivity index (χ0n) is 38.2. The van der Waals surface area contributed by atoms with E-state index in [0.29, 0.717) is 19.3 Å². The molecule has 0 amide bonds. The highest BCUT2D eigenvalue weighted by Crippen LogP contribution is 2.12. The number of rotatable bonds is 42. The van der Waals surface area contributed by atoms with Crippen LogP contribution >= 0.6 is 0 Å². The topological polar surface area (TPSA) is 78.9 Å². The first kappa shape index (κ1) is 55.6. The normalized spacial score (nSPS) is 12.8. The van der Waals surface area contributed by atoms with Gasteiger partial charge in [-0.2, -0.15) is 0 Å². The molecule has 0 spiro atoms. The minimum atomic E-state index is -0.813. The van der Waals surface area contributed by atoms with Gasteiger partial charge in [-0.05, 0) is 103 Å². The molecular formula is C53H88O6. The molecule has 0 saturated heterocycles. The summed E-state index contributed by atoms with van der Waals surface area (Å²) in [6.45, 7) is 6.39. The van der Waals surface area contributed by atoms with Crippen molar-refractivity contribution in [3.63, 3.8) is 0 Å². The molecule has 59 heavy (non-hydrogen) atoms. The van der Waals surface area contributed by atoms with Gasteiger partial charge in [0.15, 0.2) is 6.10 Å². The quantitative estimate of drug-likeness (QED) is 0.0201. The average Bonchev–Trinajstić information content (AvgIpc) is 3.23. The van der Waals surface area contributed by atoms with E-state index in [2.05, 4.69) is 106 Å². The second-order valence-corrected chi connectivity index (χ2v) is 15.7. The molecule has 0 rings (SSSR count). The van der Waals surface area contributed by atoms with Crippen molar-refractivity contribution >= 4 is 17.9 Å². The molecule has 0 aromatic heterocycles. The zero-order chi connectivity index (χ0) is 43.0. The van der Waals surface area contributed by atoms with E-state index in [1.54, 1.807) is 0 Å². The molecule has 1 atom stereocenters. The Balaban J connectivity index is 4.48. The second-order valence-electron chi connectivity index (χ2n) is 15.7. The molecule has 0 aromatic carbocycles. The van der Waals surface area contributed by atoms with Crippen LogP contribution < -0.4 is 0 Å². The van der Waals surface area contributed by atoms with Gasteiger partial charge in [-0.15, -0.1) is 0 Å². The van der Waals surface area contributed by atoms with E-state index < -0.39 is 6.10 Å². The number of hydrogen-bond acceptors (Lipinski definition) is 6. The Morgan fingerprint density at radius 1 is 0.373 bits per heavy atom. The lowest BCUT2D eigenvalue weighted by molar-refractivity contribution is -0.167. The predicted octanol–water partition coefficient (Wildman–Crippen LogP) is 15.6. The van der Waals surface area contributed by atoms with Crippen molar-refractivity contribution in [3.8, 4) is 0 Å². The number of unbranched alkanes of at least 4 members (excludes halogenated alkanes) is 18. The first-order valence-electron chi connectivity index (χ1n) is 24.1. The van der Waals surface area contributed by atoms with Crippen molar-refractivity contribution < 1.29 is 28.6 Å². The van der Waals surface area contributed by atoms with Gasteiger partial charge in [-0.1, -0.05) is 176 Å². The van der Waals surface area contributed by atoms with E-state index in [-0.39, 0.29) is 37.5 Å². The number of esters is 3. The molecule has 0 saturated carbocycles. The van der Waals surface area contributed by atoms with Crippen LogP contribution in [-0.4, -0.2) is 37.2 Å². The summed E-state index contributed by atoms with van der Waals surface area (Å²) in [6, 6.07) is 0. The average molecular weight is 821 g/mol. The van der Waals surface area contributed by atoms with Crippen LogP contribution in [-0.2, 0) is 28.6 Å². The van der Waals surface area contributed by atoms with Crippen LogP contribution in [0.3, 0.4) is 0 Å². The molecule has 0 fully saturated rings. The SMILES string of the molecule is CC/C=C\C/C=C\C/C=C\C/C=C\CCCCCC(=O)OCC(COC(=O)CCC/C=C\CCCCCC)OC(=O)CCCCC/C=C\C=C/CCCCCCCCC. The van der Waals surface area contributed by atoms with Gasteiger partial charge in [-0.25, -0.2) is 0 Å². The molecular weight excluding hydrogens is 733 g/mol. The van der Waals surface area contributed by atoms with Gasteiger partial charge in [0.1, 0.15) is 13.2 Å². The summed E-state index contributed by atoms with van der Waals surface area (Å²) >= 11 is 0. The van der Waals surface area contributed by atoms with E-state index >= 15 is 0 Å². The van der Waals surface area contributed by atoms with Gasteiger partial charge < -0.3 is 14.2 Å². The Morgan fingerprint density at radius 2 is 0.729 bits per heavy atom. The molecule has 0 aliphatic heterocycles. The Bertz CT molecular complexity index is 1170. The standard InChI is InChI=1S/C53H88O6/c1-4-7-10-13-16-19-21-23-25-27-29-31-34-37-40-43-46-52(55)58-49-50(48-57-51(54)45-42-39-36-33-18-15-12-9-6-3)59-53(56)47-44-41-38-35-32-30-28-26-24-22-20-17-14-11-8-5-2/h7,10,16,19,23,25-26,28-33,36,50H,4-6,8-9,11-15,17-18,20-22,24,27,34-35,37-49H2,1-3H3/b10-7-,19-16-,25-23-,28-26-,31-29-,32-30-,36-33-. The summed E-state index contributed by atoms with van der Waals surface area (Å²) in [6.07, 6.45) is 60.1. The largest absolute Gasteiger partial charge is 0.462 e. The van der Waals surface area contributed by atoms with Gasteiger partial charge in [0, 0.05) is 19.3 Å². The minimum absolute atomic E-state index is 0.113. The highest BCUT2D eigenvalue weighted by atomic mass is 16.6. The lowest BCUT2D eigenvalue weighted by Gasteiger charge is -2.18. The predicted molar refractivity (Wildman–Crippen MR) is 251 cm³/mol. The van der Waals surface area contributed by atoms with Crippen LogP contribution in [0.15, 0.2) is 85.1 Å². The van der Waals surface area contributed by atoms with E-state index in [4.69, 9.17) is 14.2 Å². The fraction of sp³-hybridized carbons (Fsp3) is 0.679. The maximum absolute atomic E-state index is 12.7. The summed E-state index contributed by atoms with van der Waals surface area (Å²) < 4.78 is 16.6. The van der Waals surface area contributed by atoms with Crippen molar-refractivity contribution in [2.75, 3.05) is 13.2 Å². The minimum Gasteiger partial charge on any atom is -0.462 e. The summed E-state index contributed by atoms with van der Waals surface area (Å²) in [4.78, 5) is 37.8. The third-order valence-electron chi connectivity index (χ3n) is 9.88. The van der Waals surface area contributed by atoms with Crippen molar-refractivity contribution in [1.29, 1.82) is 0 Å². The van der Waals surface area contributed by atoms with Crippen LogP contribution in [0.1, 0.15) is 213 Å². The monoisotopic (exact) mass is 821 g/mol. The molecule has 6 heteroatoms. The summed E-state index contributed by atoms with van der Waals surface area (Å²) in [7, 11) is 0. The van der Waals surface area contributed by atoms with Gasteiger partial charge in [-0.3, -0.25) is 14.4 Å². The summed E-state index contributed by atoms with van der Waals surface area (Å²) in [5, 5.41) is 0. The van der Waals surface area contributed by atoms with Crippen molar-refractivity contribution in [2.45, 2.75) is 219 Å². The molecule has 0 aliphatic rings. The van der Waals surface area contributed by atoms with E-state index in [0.717, 1.165) is 96.3 Å². The van der Waals surface area contributed by atoms with E-state index in [1.807, 2.05) is 0 Å². The fourth-order valence-corrected chi connectivity index (χ4v) is 6.25. The number of carbonyl (C=O) groups excluding carboxylic acids is 3. The first-order valence-corrected chi connectivity index (χ1v) is 24.1. The number of ether oxygens (including phenoxy) is 3. The van der Waals surface area contributed by atoms with Crippen molar-refractivity contribution in [1.82, 2.24) is 0 Å². The Morgan fingerprint density at radius 3 is 1.24 bits per heavy atom. The highest BCUT2D eigenvalue weighted by molar-refractivity contribution is 5.71. The summed E-state index contributed by atoms with van der Waals surface area (Å²) in [5.74, 6) is -1.01. The van der Waals surface area contributed by atoms with Gasteiger partial charge in [0.25, 0.3) is 0 Å². The zero-order valence-corrected chi connectivity index (χ0v) is 38.2. The lowest BCUT2D eigenvalue weighted by atomic mass is 10.1. The molecule has 0 bridgehead atoms. The van der Waals surface area contributed by atoms with E-state index in [1.165, 1.54) is 70.6 Å². The van der Waals surface area contributed by atoms with Crippen molar-refractivity contribution in [3.05, 3.63) is 85.1 Å². The Kier molecular flexibility index (Phi) is 44.5. The van der Waals surface area contributed by atoms with Crippen molar-refractivity contribution in [2.24, 2.45) is 0 Å². The van der Waals surface area contributed by atoms with E-state index in [9.17, 15) is 14.4 Å². The molecule has 0 aromatic rings. The molecule has 336 valence electrons. The first-order chi connectivity index (χ1) is 29.0. The molecule has 0 aliphatic carbocycles. The molecule has 0 radical (unpaired) electrons. The highest BCUT2D eigenvalue weighted by Gasteiger charge is 2.19. The third-order valence-corrected chi connectivity index (χ3v) is 9.88. The molecule has 0 heterocycles. The van der Waals surface area contributed by atoms with Crippen LogP contribution in [0.4, 0.5) is 0 Å². The smallest absolute Gasteiger partial charge is 0.306 e. The lowest BCUT2D eigenvalue weighted by Crippen LogP contribution is -2.30. The van der Waals surface area contributed by atoms with Crippen LogP contribution in [0, 0.1) is 0 Å². The maximum Gasteiger partial charge on any atom is 0.306 e. The molecule has 6 nitrogen and oxygen atoms in total. The van der Waals surface area contributed by atoms with Gasteiger partial charge >= 0.3 is 17.9 Å². The second kappa shape index (κ2) is 47.3. The van der Waals surface area contributed by atoms with Crippen LogP contribution in [0.5, 0.6) is 0 Å². The molecule has 0 N–H and O–H groups in total. The van der Waals surface area contributed by atoms with Gasteiger partial charge in [0.05, 0.1) is 0 Å².